The molecule has 132 valence electrons. The minimum absolute atomic E-state index is 0.224. The molecule has 0 saturated heterocycles. The Morgan fingerprint density at radius 1 is 1.16 bits per heavy atom. The van der Waals surface area contributed by atoms with Crippen LogP contribution in [0.25, 0.3) is 10.9 Å². The second-order valence-electron chi connectivity index (χ2n) is 6.29. The zero-order valence-corrected chi connectivity index (χ0v) is 15.1. The van der Waals surface area contributed by atoms with Gasteiger partial charge < -0.3 is 20.1 Å². The number of aromatic amines is 1. The smallest absolute Gasteiger partial charge is 0.118 e. The molecule has 4 heteroatoms. The van der Waals surface area contributed by atoms with Crippen molar-refractivity contribution in [2.45, 2.75) is 26.3 Å². The van der Waals surface area contributed by atoms with E-state index in [4.69, 9.17) is 9.84 Å². The Bertz CT molecular complexity index is 837. The Labute approximate surface area is 148 Å². The van der Waals surface area contributed by atoms with Gasteiger partial charge in [0.25, 0.3) is 0 Å². The van der Waals surface area contributed by atoms with Gasteiger partial charge in [-0.05, 0) is 55.7 Å². The van der Waals surface area contributed by atoms with E-state index in [9.17, 15) is 0 Å². The lowest BCUT2D eigenvalue weighted by molar-refractivity contribution is 0.318. The zero-order valence-electron chi connectivity index (χ0n) is 15.1. The number of hydrogen-bond acceptors (Lipinski definition) is 3. The minimum Gasteiger partial charge on any atom is -0.497 e. The van der Waals surface area contributed by atoms with Crippen LogP contribution in [0.15, 0.2) is 42.5 Å². The van der Waals surface area contributed by atoms with E-state index in [2.05, 4.69) is 47.6 Å². The van der Waals surface area contributed by atoms with E-state index in [0.29, 0.717) is 0 Å². The molecule has 0 fully saturated rings. The zero-order chi connectivity index (χ0) is 17.8. The molecule has 2 aromatic carbocycles. The molecule has 1 unspecified atom stereocenters. The van der Waals surface area contributed by atoms with Crippen molar-refractivity contribution < 1.29 is 9.84 Å². The first-order valence-electron chi connectivity index (χ1n) is 8.77. The number of aliphatic hydroxyl groups excluding tert-OH is 1. The van der Waals surface area contributed by atoms with Crippen molar-refractivity contribution in [2.24, 2.45) is 0 Å². The largest absolute Gasteiger partial charge is 0.497 e. The first-order chi connectivity index (χ1) is 12.2. The monoisotopic (exact) mass is 338 g/mol. The Balaban J connectivity index is 0.000000569. The van der Waals surface area contributed by atoms with E-state index in [1.54, 1.807) is 14.0 Å². The molecule has 1 aliphatic heterocycles. The fourth-order valence-electron chi connectivity index (χ4n) is 3.42. The molecule has 25 heavy (non-hydrogen) atoms. The van der Waals surface area contributed by atoms with Crippen molar-refractivity contribution in [3.05, 3.63) is 64.8 Å². The van der Waals surface area contributed by atoms with Crippen LogP contribution in [0.3, 0.4) is 0 Å². The number of aliphatic hydroxyl groups is 1. The Morgan fingerprint density at radius 2 is 1.88 bits per heavy atom. The molecule has 2 heterocycles. The quantitative estimate of drug-likeness (QED) is 0.667. The van der Waals surface area contributed by atoms with Gasteiger partial charge >= 0.3 is 0 Å². The molecule has 3 N–H and O–H groups in total. The van der Waals surface area contributed by atoms with Crippen molar-refractivity contribution in [1.29, 1.82) is 0 Å². The summed E-state index contributed by atoms with van der Waals surface area (Å²) in [5.74, 6) is 0.895. The Hall–Kier alpha value is -2.30. The van der Waals surface area contributed by atoms with Crippen LogP contribution in [0.2, 0.25) is 0 Å². The summed E-state index contributed by atoms with van der Waals surface area (Å²) in [7, 11) is 1.70. The number of methoxy groups -OCH3 is 1. The molecule has 0 spiro atoms. The third-order valence-electron chi connectivity index (χ3n) is 4.56. The lowest BCUT2D eigenvalue weighted by Gasteiger charge is -2.25. The number of H-pyrrole nitrogens is 1. The highest BCUT2D eigenvalue weighted by Crippen LogP contribution is 2.34. The van der Waals surface area contributed by atoms with Crippen molar-refractivity contribution in [3.63, 3.8) is 0 Å². The van der Waals surface area contributed by atoms with E-state index in [1.807, 2.05) is 12.1 Å². The number of ether oxygens (including phenoxy) is 1. The van der Waals surface area contributed by atoms with Crippen LogP contribution < -0.4 is 10.1 Å². The number of aromatic nitrogens is 1. The van der Waals surface area contributed by atoms with Crippen molar-refractivity contribution in [3.8, 4) is 5.75 Å². The fraction of sp³-hybridized carbons (Fsp3) is 0.333. The maximum atomic E-state index is 7.57. The molecule has 1 aromatic heterocycles. The molecule has 1 atom stereocenters. The molecular formula is C21H26N2O2. The summed E-state index contributed by atoms with van der Waals surface area (Å²) in [6.45, 7) is 5.09. The first-order valence-corrected chi connectivity index (χ1v) is 8.77. The second-order valence-corrected chi connectivity index (χ2v) is 6.29. The van der Waals surface area contributed by atoms with Crippen LogP contribution in [0.1, 0.15) is 35.3 Å². The van der Waals surface area contributed by atoms with E-state index in [-0.39, 0.29) is 12.6 Å². The summed E-state index contributed by atoms with van der Waals surface area (Å²) in [5, 5.41) is 12.6. The molecule has 0 bridgehead atoms. The molecule has 1 aliphatic rings. The normalized spacial score (nSPS) is 16.1. The molecule has 4 nitrogen and oxygen atoms in total. The fourth-order valence-corrected chi connectivity index (χ4v) is 3.42. The number of hydrogen-bond donors (Lipinski definition) is 3. The van der Waals surface area contributed by atoms with Gasteiger partial charge in [0, 0.05) is 29.7 Å². The van der Waals surface area contributed by atoms with Crippen LogP contribution >= 0.6 is 0 Å². The third-order valence-corrected chi connectivity index (χ3v) is 4.56. The van der Waals surface area contributed by atoms with Gasteiger partial charge in [0.15, 0.2) is 0 Å². The second kappa shape index (κ2) is 7.72. The van der Waals surface area contributed by atoms with Crippen LogP contribution in [-0.2, 0) is 6.42 Å². The highest BCUT2D eigenvalue weighted by Gasteiger charge is 2.25. The number of benzene rings is 2. The lowest BCUT2D eigenvalue weighted by Crippen LogP contribution is -2.30. The van der Waals surface area contributed by atoms with Crippen LogP contribution in [0, 0.1) is 6.92 Å². The molecule has 0 amide bonds. The number of fused-ring (bicyclic) bond motifs is 3. The lowest BCUT2D eigenvalue weighted by atomic mass is 9.94. The predicted octanol–water partition coefficient (Wildman–Crippen LogP) is 3.72. The molecule has 3 aromatic rings. The van der Waals surface area contributed by atoms with Crippen molar-refractivity contribution in [1.82, 2.24) is 10.3 Å². The predicted molar refractivity (Wildman–Crippen MR) is 102 cm³/mol. The van der Waals surface area contributed by atoms with Gasteiger partial charge in [-0.25, -0.2) is 0 Å². The van der Waals surface area contributed by atoms with Gasteiger partial charge in [0.2, 0.25) is 0 Å². The Kier molecular flexibility index (Phi) is 5.41. The van der Waals surface area contributed by atoms with Crippen molar-refractivity contribution in [2.75, 3.05) is 20.3 Å². The Morgan fingerprint density at radius 3 is 2.56 bits per heavy atom. The van der Waals surface area contributed by atoms with E-state index >= 15 is 0 Å². The summed E-state index contributed by atoms with van der Waals surface area (Å²) in [5.41, 5.74) is 6.58. The summed E-state index contributed by atoms with van der Waals surface area (Å²) >= 11 is 0. The van der Waals surface area contributed by atoms with Gasteiger partial charge in [-0.2, -0.15) is 0 Å². The summed E-state index contributed by atoms with van der Waals surface area (Å²) < 4.78 is 5.26. The maximum absolute atomic E-state index is 7.57. The van der Waals surface area contributed by atoms with Gasteiger partial charge in [-0.15, -0.1) is 0 Å². The van der Waals surface area contributed by atoms with Gasteiger partial charge in [0.1, 0.15) is 5.75 Å². The minimum atomic E-state index is 0.224. The molecular weight excluding hydrogens is 312 g/mol. The standard InChI is InChI=1S/C19H20N2O.C2H6O/c1-12-3-8-17-16(11-12)15-9-10-20-18(19(15)21-17)13-4-6-14(22-2)7-5-13;1-2-3/h3-8,11,18,20-21H,9-10H2,1-2H3;3H,2H2,1H3. The first kappa shape index (κ1) is 17.5. The summed E-state index contributed by atoms with van der Waals surface area (Å²) in [4.78, 5) is 3.63. The topological polar surface area (TPSA) is 57.3 Å². The molecule has 0 radical (unpaired) electrons. The van der Waals surface area contributed by atoms with Gasteiger partial charge in [-0.3, -0.25) is 0 Å². The SMILES string of the molecule is CCO.COc1ccc(C2NCCc3c2[nH]c2ccc(C)cc32)cc1. The van der Waals surface area contributed by atoms with Crippen LogP contribution in [-0.4, -0.2) is 30.4 Å². The highest BCUT2D eigenvalue weighted by molar-refractivity contribution is 5.86. The molecule has 0 aliphatic carbocycles. The maximum Gasteiger partial charge on any atom is 0.118 e. The van der Waals surface area contributed by atoms with Crippen LogP contribution in [0.4, 0.5) is 0 Å². The summed E-state index contributed by atoms with van der Waals surface area (Å²) in [6, 6.07) is 15.2. The highest BCUT2D eigenvalue weighted by atomic mass is 16.5. The van der Waals surface area contributed by atoms with Crippen LogP contribution in [0.5, 0.6) is 5.75 Å². The van der Waals surface area contributed by atoms with Crippen molar-refractivity contribution >= 4 is 10.9 Å². The van der Waals surface area contributed by atoms with E-state index in [0.717, 1.165) is 18.7 Å². The summed E-state index contributed by atoms with van der Waals surface area (Å²) in [6.07, 6.45) is 1.07. The molecule has 4 rings (SSSR count). The number of nitrogens with one attached hydrogen (secondary N) is 2. The number of rotatable bonds is 2. The van der Waals surface area contributed by atoms with E-state index in [1.165, 1.54) is 33.3 Å². The van der Waals surface area contributed by atoms with Gasteiger partial charge in [-0.1, -0.05) is 23.8 Å². The van der Waals surface area contributed by atoms with E-state index < -0.39 is 0 Å². The average molecular weight is 338 g/mol. The third kappa shape index (κ3) is 3.55. The number of aryl methyl sites for hydroxylation is 1. The van der Waals surface area contributed by atoms with Gasteiger partial charge in [0.05, 0.1) is 13.2 Å². The average Bonchev–Trinajstić information content (AvgIpc) is 3.00. The molecule has 0 saturated carbocycles.